The van der Waals surface area contributed by atoms with Gasteiger partial charge in [0.2, 0.25) is 0 Å². The number of carbonyl (C=O) groups is 2. The maximum atomic E-state index is 12.9. The van der Waals surface area contributed by atoms with Crippen LogP contribution >= 0.6 is 0 Å². The highest BCUT2D eigenvalue weighted by atomic mass is 19.1. The second-order valence-corrected chi connectivity index (χ2v) is 6.25. The molecule has 0 unspecified atom stereocenters. The van der Waals surface area contributed by atoms with E-state index in [1.807, 2.05) is 0 Å². The van der Waals surface area contributed by atoms with Crippen molar-refractivity contribution in [3.8, 4) is 5.75 Å². The molecule has 1 fully saturated rings. The molecule has 136 valence electrons. The third-order valence-electron chi connectivity index (χ3n) is 4.30. The predicted molar refractivity (Wildman–Crippen MR) is 96.7 cm³/mol. The summed E-state index contributed by atoms with van der Waals surface area (Å²) in [5.74, 6) is -0.430. The minimum atomic E-state index is -0.796. The molecule has 1 aliphatic rings. The fourth-order valence-corrected chi connectivity index (χ4v) is 2.87. The van der Waals surface area contributed by atoms with Gasteiger partial charge in [0.1, 0.15) is 11.6 Å². The van der Waals surface area contributed by atoms with E-state index >= 15 is 0 Å². The Morgan fingerprint density at radius 2 is 1.73 bits per heavy atom. The van der Waals surface area contributed by atoms with Crippen molar-refractivity contribution in [1.29, 1.82) is 0 Å². The van der Waals surface area contributed by atoms with Crippen LogP contribution in [0.3, 0.4) is 0 Å². The number of rotatable bonds is 5. The minimum Gasteiger partial charge on any atom is -0.481 e. The van der Waals surface area contributed by atoms with E-state index in [0.29, 0.717) is 17.0 Å². The normalized spacial score (nSPS) is 14.8. The van der Waals surface area contributed by atoms with E-state index in [1.54, 1.807) is 36.1 Å². The van der Waals surface area contributed by atoms with Crippen molar-refractivity contribution in [2.45, 2.75) is 25.9 Å². The number of nitrogens with one attached hydrogen (secondary N) is 1. The standard InChI is InChI=1S/C20H21FN2O3/c1-14(26-16-10-8-15(21)9-11-16)19(24)22-18-7-3-2-6-17(18)20(25)23-12-4-5-13-23/h2-3,6-11,14H,4-5,12-13H2,1H3,(H,22,24)/t14-/m1/s1. The van der Waals surface area contributed by atoms with Crippen molar-refractivity contribution in [2.24, 2.45) is 0 Å². The molecule has 1 saturated heterocycles. The Hall–Kier alpha value is -2.89. The Labute approximate surface area is 151 Å². The van der Waals surface area contributed by atoms with Gasteiger partial charge in [0.15, 0.2) is 6.10 Å². The van der Waals surface area contributed by atoms with Gasteiger partial charge in [-0.2, -0.15) is 0 Å². The summed E-state index contributed by atoms with van der Waals surface area (Å²) in [6.45, 7) is 3.08. The monoisotopic (exact) mass is 356 g/mol. The highest BCUT2D eigenvalue weighted by Crippen LogP contribution is 2.21. The smallest absolute Gasteiger partial charge is 0.265 e. The molecule has 1 heterocycles. The van der Waals surface area contributed by atoms with Crippen molar-refractivity contribution < 1.29 is 18.7 Å². The highest BCUT2D eigenvalue weighted by Gasteiger charge is 2.23. The quantitative estimate of drug-likeness (QED) is 0.892. The maximum Gasteiger partial charge on any atom is 0.265 e. The molecular formula is C20H21FN2O3. The van der Waals surface area contributed by atoms with Gasteiger partial charge >= 0.3 is 0 Å². The van der Waals surface area contributed by atoms with Crippen LogP contribution in [-0.2, 0) is 4.79 Å². The molecule has 0 radical (unpaired) electrons. The van der Waals surface area contributed by atoms with E-state index in [2.05, 4.69) is 5.32 Å². The van der Waals surface area contributed by atoms with Crippen LogP contribution in [0.4, 0.5) is 10.1 Å². The van der Waals surface area contributed by atoms with Crippen molar-refractivity contribution in [3.63, 3.8) is 0 Å². The first-order chi connectivity index (χ1) is 12.5. The Bertz CT molecular complexity index is 786. The molecule has 2 amide bonds. The summed E-state index contributed by atoms with van der Waals surface area (Å²) in [5.41, 5.74) is 0.931. The highest BCUT2D eigenvalue weighted by molar-refractivity contribution is 6.04. The lowest BCUT2D eigenvalue weighted by molar-refractivity contribution is -0.122. The van der Waals surface area contributed by atoms with Crippen molar-refractivity contribution in [1.82, 2.24) is 4.90 Å². The lowest BCUT2D eigenvalue weighted by Gasteiger charge is -2.19. The first-order valence-corrected chi connectivity index (χ1v) is 8.66. The molecule has 1 aliphatic heterocycles. The molecule has 0 bridgehead atoms. The molecule has 0 aromatic heterocycles. The van der Waals surface area contributed by atoms with Crippen LogP contribution in [0, 0.1) is 5.82 Å². The third kappa shape index (κ3) is 4.20. The number of benzene rings is 2. The Balaban J connectivity index is 1.68. The summed E-state index contributed by atoms with van der Waals surface area (Å²) in [6.07, 6.45) is 1.21. The van der Waals surface area contributed by atoms with Crippen molar-refractivity contribution in [3.05, 3.63) is 59.9 Å². The zero-order chi connectivity index (χ0) is 18.5. The molecule has 26 heavy (non-hydrogen) atoms. The van der Waals surface area contributed by atoms with Gasteiger partial charge < -0.3 is 15.0 Å². The largest absolute Gasteiger partial charge is 0.481 e. The topological polar surface area (TPSA) is 58.6 Å². The van der Waals surface area contributed by atoms with Gasteiger partial charge in [-0.3, -0.25) is 9.59 Å². The van der Waals surface area contributed by atoms with Gasteiger partial charge in [0.05, 0.1) is 11.3 Å². The molecule has 1 atom stereocenters. The number of anilines is 1. The number of likely N-dealkylation sites (tertiary alicyclic amines) is 1. The van der Waals surface area contributed by atoms with E-state index in [0.717, 1.165) is 25.9 Å². The molecule has 2 aromatic rings. The van der Waals surface area contributed by atoms with E-state index in [9.17, 15) is 14.0 Å². The Kier molecular flexibility index (Phi) is 5.51. The second kappa shape index (κ2) is 7.99. The van der Waals surface area contributed by atoms with E-state index in [4.69, 9.17) is 4.74 Å². The molecule has 0 spiro atoms. The molecular weight excluding hydrogens is 335 g/mol. The zero-order valence-corrected chi connectivity index (χ0v) is 14.6. The maximum absolute atomic E-state index is 12.9. The van der Waals surface area contributed by atoms with Gasteiger partial charge in [0, 0.05) is 13.1 Å². The first-order valence-electron chi connectivity index (χ1n) is 8.66. The molecule has 2 aromatic carbocycles. The van der Waals surface area contributed by atoms with E-state index in [1.165, 1.54) is 24.3 Å². The minimum absolute atomic E-state index is 0.0782. The summed E-state index contributed by atoms with van der Waals surface area (Å²) in [6, 6.07) is 12.4. The molecule has 0 saturated carbocycles. The first kappa shape index (κ1) is 17.9. The summed E-state index contributed by atoms with van der Waals surface area (Å²) in [4.78, 5) is 26.9. The molecule has 6 heteroatoms. The Morgan fingerprint density at radius 1 is 1.08 bits per heavy atom. The number of hydrogen-bond acceptors (Lipinski definition) is 3. The van der Waals surface area contributed by atoms with Crippen molar-refractivity contribution in [2.75, 3.05) is 18.4 Å². The van der Waals surface area contributed by atoms with Crippen LogP contribution in [0.1, 0.15) is 30.1 Å². The number of halogens is 1. The average Bonchev–Trinajstić information content (AvgIpc) is 3.18. The summed E-state index contributed by atoms with van der Waals surface area (Å²) >= 11 is 0. The van der Waals surface area contributed by atoms with Gasteiger partial charge in [-0.15, -0.1) is 0 Å². The van der Waals surface area contributed by atoms with Gasteiger partial charge in [-0.25, -0.2) is 4.39 Å². The number of hydrogen-bond donors (Lipinski definition) is 1. The van der Waals surface area contributed by atoms with Gasteiger partial charge in [-0.05, 0) is 56.2 Å². The van der Waals surface area contributed by atoms with Crippen molar-refractivity contribution >= 4 is 17.5 Å². The molecule has 1 N–H and O–H groups in total. The summed E-state index contributed by atoms with van der Waals surface area (Å²) in [7, 11) is 0. The van der Waals surface area contributed by atoms with Crippen LogP contribution in [0.5, 0.6) is 5.75 Å². The third-order valence-corrected chi connectivity index (χ3v) is 4.30. The number of amides is 2. The fourth-order valence-electron chi connectivity index (χ4n) is 2.87. The number of nitrogens with zero attached hydrogens (tertiary/aromatic N) is 1. The van der Waals surface area contributed by atoms with Crippen LogP contribution in [-0.4, -0.2) is 35.9 Å². The van der Waals surface area contributed by atoms with Crippen LogP contribution in [0.15, 0.2) is 48.5 Å². The van der Waals surface area contributed by atoms with Gasteiger partial charge in [0.25, 0.3) is 11.8 Å². The van der Waals surface area contributed by atoms with Crippen LogP contribution < -0.4 is 10.1 Å². The fraction of sp³-hybridized carbons (Fsp3) is 0.300. The number of para-hydroxylation sites is 1. The lowest BCUT2D eigenvalue weighted by atomic mass is 10.1. The lowest BCUT2D eigenvalue weighted by Crippen LogP contribution is -2.32. The molecule has 3 rings (SSSR count). The van der Waals surface area contributed by atoms with E-state index < -0.39 is 6.10 Å². The van der Waals surface area contributed by atoms with E-state index in [-0.39, 0.29) is 17.6 Å². The van der Waals surface area contributed by atoms with Crippen LogP contribution in [0.25, 0.3) is 0 Å². The molecule has 5 nitrogen and oxygen atoms in total. The SMILES string of the molecule is C[C@@H](Oc1ccc(F)cc1)C(=O)Nc1ccccc1C(=O)N1CCCC1. The average molecular weight is 356 g/mol. The Morgan fingerprint density at radius 3 is 2.42 bits per heavy atom. The van der Waals surface area contributed by atoms with Gasteiger partial charge in [-0.1, -0.05) is 12.1 Å². The predicted octanol–water partition coefficient (Wildman–Crippen LogP) is 3.47. The van der Waals surface area contributed by atoms with Crippen LogP contribution in [0.2, 0.25) is 0 Å². The molecule has 0 aliphatic carbocycles. The number of ether oxygens (including phenoxy) is 1. The summed E-state index contributed by atoms with van der Waals surface area (Å²) in [5, 5.41) is 2.76. The summed E-state index contributed by atoms with van der Waals surface area (Å²) < 4.78 is 18.5. The number of carbonyl (C=O) groups excluding carboxylic acids is 2. The zero-order valence-electron chi connectivity index (χ0n) is 14.6. The second-order valence-electron chi connectivity index (χ2n) is 6.25.